The topological polar surface area (TPSA) is 58.7 Å². The van der Waals surface area contributed by atoms with E-state index in [-0.39, 0.29) is 12.0 Å². The van der Waals surface area contributed by atoms with Crippen LogP contribution in [0.1, 0.15) is 31.0 Å². The Kier molecular flexibility index (Phi) is 4.04. The second-order valence-electron chi connectivity index (χ2n) is 3.53. The van der Waals surface area contributed by atoms with Gasteiger partial charge in [-0.3, -0.25) is 4.79 Å². The van der Waals surface area contributed by atoms with Gasteiger partial charge < -0.3 is 0 Å². The second-order valence-corrected chi connectivity index (χ2v) is 3.53. The van der Waals surface area contributed by atoms with Crippen LogP contribution in [-0.2, 0) is 13.0 Å². The van der Waals surface area contributed by atoms with E-state index >= 15 is 0 Å². The van der Waals surface area contributed by atoms with Crippen LogP contribution in [0, 0.1) is 18.3 Å². The smallest absolute Gasteiger partial charge is 0.267 e. The third kappa shape index (κ3) is 2.91. The minimum atomic E-state index is -0.129. The van der Waals surface area contributed by atoms with Gasteiger partial charge in [0, 0.05) is 12.1 Å². The van der Waals surface area contributed by atoms with Gasteiger partial charge in [-0.05, 0) is 19.4 Å². The molecular weight excluding hydrogens is 190 g/mol. The Labute approximate surface area is 89.2 Å². The molecule has 0 N–H and O–H groups in total. The Morgan fingerprint density at radius 3 is 2.93 bits per heavy atom. The highest BCUT2D eigenvalue weighted by Crippen LogP contribution is 1.97. The van der Waals surface area contributed by atoms with Crippen LogP contribution in [0.3, 0.4) is 0 Å². The fourth-order valence-corrected chi connectivity index (χ4v) is 1.42. The van der Waals surface area contributed by atoms with Crippen LogP contribution in [0.5, 0.6) is 0 Å². The molecule has 0 atom stereocenters. The average molecular weight is 205 g/mol. The summed E-state index contributed by atoms with van der Waals surface area (Å²) in [5, 5.41) is 12.7. The van der Waals surface area contributed by atoms with Crippen molar-refractivity contribution < 1.29 is 0 Å². The summed E-state index contributed by atoms with van der Waals surface area (Å²) >= 11 is 0. The summed E-state index contributed by atoms with van der Waals surface area (Å²) in [6, 6.07) is 3.68. The molecule has 4 heteroatoms. The number of hydrogen-bond acceptors (Lipinski definition) is 3. The van der Waals surface area contributed by atoms with E-state index in [4.69, 9.17) is 5.26 Å². The van der Waals surface area contributed by atoms with Crippen molar-refractivity contribution in [2.75, 3.05) is 0 Å². The normalized spacial score (nSPS) is 9.93. The van der Waals surface area contributed by atoms with Gasteiger partial charge in [0.05, 0.1) is 18.2 Å². The van der Waals surface area contributed by atoms with Gasteiger partial charge >= 0.3 is 0 Å². The predicted molar refractivity (Wildman–Crippen MR) is 57.5 cm³/mol. The van der Waals surface area contributed by atoms with Crippen LogP contribution < -0.4 is 5.56 Å². The van der Waals surface area contributed by atoms with Crippen molar-refractivity contribution in [3.05, 3.63) is 27.7 Å². The van der Waals surface area contributed by atoms with Gasteiger partial charge in [0.25, 0.3) is 5.56 Å². The Hall–Kier alpha value is -1.63. The van der Waals surface area contributed by atoms with Crippen molar-refractivity contribution in [1.29, 1.82) is 5.26 Å². The SMILES string of the molecule is CCCCn1nc(C)cc(CC#N)c1=O. The molecule has 1 aromatic rings. The zero-order valence-corrected chi connectivity index (χ0v) is 9.16. The van der Waals surface area contributed by atoms with Crippen LogP contribution in [0.2, 0.25) is 0 Å². The molecule has 80 valence electrons. The summed E-state index contributed by atoms with van der Waals surface area (Å²) in [7, 11) is 0. The average Bonchev–Trinajstić information content (AvgIpc) is 2.21. The molecule has 0 aromatic carbocycles. The number of nitriles is 1. The van der Waals surface area contributed by atoms with Crippen molar-refractivity contribution >= 4 is 0 Å². The molecule has 0 aliphatic rings. The second kappa shape index (κ2) is 5.30. The first-order valence-corrected chi connectivity index (χ1v) is 5.13. The number of nitrogens with zero attached hydrogens (tertiary/aromatic N) is 3. The highest BCUT2D eigenvalue weighted by atomic mass is 16.1. The van der Waals surface area contributed by atoms with E-state index in [0.29, 0.717) is 12.1 Å². The van der Waals surface area contributed by atoms with E-state index in [1.807, 2.05) is 13.0 Å². The summed E-state index contributed by atoms with van der Waals surface area (Å²) in [4.78, 5) is 11.8. The molecule has 0 aliphatic carbocycles. The lowest BCUT2D eigenvalue weighted by Gasteiger charge is -2.06. The molecule has 0 spiro atoms. The maximum atomic E-state index is 11.8. The molecule has 0 fully saturated rings. The molecule has 0 saturated heterocycles. The number of rotatable bonds is 4. The third-order valence-corrected chi connectivity index (χ3v) is 2.16. The number of unbranched alkanes of at least 4 members (excludes halogenated alkanes) is 1. The highest BCUT2D eigenvalue weighted by Gasteiger charge is 2.05. The fraction of sp³-hybridized carbons (Fsp3) is 0.545. The first-order valence-electron chi connectivity index (χ1n) is 5.13. The monoisotopic (exact) mass is 205 g/mol. The Morgan fingerprint density at radius 2 is 2.33 bits per heavy atom. The molecule has 1 aromatic heterocycles. The Bertz CT molecular complexity index is 428. The minimum absolute atomic E-state index is 0.129. The van der Waals surface area contributed by atoms with Gasteiger partial charge in [-0.2, -0.15) is 10.4 Å². The Balaban J connectivity index is 3.06. The lowest BCUT2D eigenvalue weighted by molar-refractivity contribution is 0.533. The van der Waals surface area contributed by atoms with E-state index in [9.17, 15) is 4.79 Å². The zero-order valence-electron chi connectivity index (χ0n) is 9.16. The van der Waals surface area contributed by atoms with Crippen LogP contribution >= 0.6 is 0 Å². The van der Waals surface area contributed by atoms with Crippen LogP contribution in [0.25, 0.3) is 0 Å². The maximum Gasteiger partial charge on any atom is 0.271 e. The van der Waals surface area contributed by atoms with Gasteiger partial charge in [0.2, 0.25) is 0 Å². The van der Waals surface area contributed by atoms with E-state index in [1.54, 1.807) is 6.07 Å². The van der Waals surface area contributed by atoms with Gasteiger partial charge in [0.1, 0.15) is 0 Å². The lowest BCUT2D eigenvalue weighted by Crippen LogP contribution is -2.26. The summed E-state index contributed by atoms with van der Waals surface area (Å²) in [6.45, 7) is 4.54. The molecule has 0 unspecified atom stereocenters. The van der Waals surface area contributed by atoms with Gasteiger partial charge in [-0.25, -0.2) is 4.68 Å². The van der Waals surface area contributed by atoms with Crippen molar-refractivity contribution in [1.82, 2.24) is 9.78 Å². The highest BCUT2D eigenvalue weighted by molar-refractivity contribution is 5.16. The summed E-state index contributed by atoms with van der Waals surface area (Å²) in [5.74, 6) is 0. The van der Waals surface area contributed by atoms with Crippen molar-refractivity contribution in [2.45, 2.75) is 39.7 Å². The molecule has 1 heterocycles. The van der Waals surface area contributed by atoms with E-state index < -0.39 is 0 Å². The molecule has 0 amide bonds. The quantitative estimate of drug-likeness (QED) is 0.746. The molecule has 0 bridgehead atoms. The molecular formula is C11H15N3O. The molecule has 1 rings (SSSR count). The van der Waals surface area contributed by atoms with Crippen LogP contribution in [0.4, 0.5) is 0 Å². The molecule has 0 saturated carbocycles. The first kappa shape index (κ1) is 11.4. The maximum absolute atomic E-state index is 11.8. The lowest BCUT2D eigenvalue weighted by atomic mass is 10.2. The largest absolute Gasteiger partial charge is 0.271 e. The summed E-state index contributed by atoms with van der Waals surface area (Å²) in [5.41, 5.74) is 1.20. The molecule has 0 radical (unpaired) electrons. The van der Waals surface area contributed by atoms with Crippen LogP contribution in [-0.4, -0.2) is 9.78 Å². The standard InChI is InChI=1S/C11H15N3O/c1-3-4-7-14-11(15)10(5-6-12)8-9(2)13-14/h8H,3-5,7H2,1-2H3. The van der Waals surface area contributed by atoms with Crippen molar-refractivity contribution in [2.24, 2.45) is 0 Å². The Morgan fingerprint density at radius 1 is 1.60 bits per heavy atom. The summed E-state index contributed by atoms with van der Waals surface area (Å²) in [6.07, 6.45) is 2.12. The van der Waals surface area contributed by atoms with Crippen molar-refractivity contribution in [3.8, 4) is 6.07 Å². The van der Waals surface area contributed by atoms with E-state index in [2.05, 4.69) is 12.0 Å². The van der Waals surface area contributed by atoms with Crippen molar-refractivity contribution in [3.63, 3.8) is 0 Å². The zero-order chi connectivity index (χ0) is 11.3. The third-order valence-electron chi connectivity index (χ3n) is 2.16. The first-order chi connectivity index (χ1) is 7.19. The molecule has 4 nitrogen and oxygen atoms in total. The van der Waals surface area contributed by atoms with Gasteiger partial charge in [-0.1, -0.05) is 13.3 Å². The van der Waals surface area contributed by atoms with Gasteiger partial charge in [-0.15, -0.1) is 0 Å². The van der Waals surface area contributed by atoms with Gasteiger partial charge in [0.15, 0.2) is 0 Å². The summed E-state index contributed by atoms with van der Waals surface area (Å²) < 4.78 is 1.46. The predicted octanol–water partition coefficient (Wildman–Crippen LogP) is 1.42. The number of aryl methyl sites for hydroxylation is 2. The number of aromatic nitrogens is 2. The molecule has 15 heavy (non-hydrogen) atoms. The van der Waals surface area contributed by atoms with E-state index in [0.717, 1.165) is 18.5 Å². The molecule has 0 aliphatic heterocycles. The fourth-order valence-electron chi connectivity index (χ4n) is 1.42. The minimum Gasteiger partial charge on any atom is -0.267 e. The van der Waals surface area contributed by atoms with Crippen LogP contribution in [0.15, 0.2) is 10.9 Å². The van der Waals surface area contributed by atoms with E-state index in [1.165, 1.54) is 4.68 Å². The number of hydrogen-bond donors (Lipinski definition) is 0.